The molecule has 0 aromatic carbocycles. The topological polar surface area (TPSA) is 62.4 Å². The second-order valence-corrected chi connectivity index (χ2v) is 6.37. The molecule has 1 aliphatic carbocycles. The molecule has 2 rings (SSSR count). The summed E-state index contributed by atoms with van der Waals surface area (Å²) in [7, 11) is 2.06. The molecule has 1 aromatic rings. The van der Waals surface area contributed by atoms with Crippen molar-refractivity contribution >= 4 is 0 Å². The van der Waals surface area contributed by atoms with E-state index in [1.807, 2.05) is 0 Å². The molecule has 20 heavy (non-hydrogen) atoms. The molecule has 0 saturated heterocycles. The molecule has 0 amide bonds. The molecule has 1 fully saturated rings. The van der Waals surface area contributed by atoms with Gasteiger partial charge in [-0.15, -0.1) is 0 Å². The quantitative estimate of drug-likeness (QED) is 0.899. The Bertz CT molecular complexity index is 419. The highest BCUT2D eigenvalue weighted by molar-refractivity contribution is 4.95. The summed E-state index contributed by atoms with van der Waals surface area (Å²) in [6, 6.07) is 0.0872. The Balaban J connectivity index is 1.95. The van der Waals surface area contributed by atoms with Crippen molar-refractivity contribution in [1.82, 2.24) is 15.0 Å². The van der Waals surface area contributed by atoms with E-state index >= 15 is 0 Å². The van der Waals surface area contributed by atoms with E-state index in [0.29, 0.717) is 11.8 Å². The summed E-state index contributed by atoms with van der Waals surface area (Å²) < 4.78 is 5.36. The summed E-state index contributed by atoms with van der Waals surface area (Å²) in [6.07, 6.45) is 4.26. The van der Waals surface area contributed by atoms with Gasteiger partial charge in [-0.25, -0.2) is 0 Å². The second kappa shape index (κ2) is 6.68. The number of rotatable bonds is 5. The predicted octanol–water partition coefficient (Wildman–Crippen LogP) is 2.74. The Morgan fingerprint density at radius 2 is 2.00 bits per heavy atom. The Kier molecular flexibility index (Phi) is 5.16. The van der Waals surface area contributed by atoms with Gasteiger partial charge in [0.05, 0.1) is 12.1 Å². The zero-order chi connectivity index (χ0) is 14.7. The molecule has 1 aromatic heterocycles. The van der Waals surface area contributed by atoms with Crippen molar-refractivity contribution in [1.29, 1.82) is 0 Å². The normalized spacial score (nSPS) is 25.4. The molecule has 0 aliphatic heterocycles. The van der Waals surface area contributed by atoms with Gasteiger partial charge >= 0.3 is 0 Å². The van der Waals surface area contributed by atoms with Gasteiger partial charge in [-0.3, -0.25) is 4.90 Å². The first-order valence-electron chi connectivity index (χ1n) is 7.70. The molecule has 1 saturated carbocycles. The largest absolute Gasteiger partial charge is 0.393 e. The van der Waals surface area contributed by atoms with Crippen molar-refractivity contribution in [3.63, 3.8) is 0 Å². The van der Waals surface area contributed by atoms with Crippen molar-refractivity contribution in [2.45, 2.75) is 64.5 Å². The van der Waals surface area contributed by atoms with Gasteiger partial charge in [-0.2, -0.15) is 4.98 Å². The van der Waals surface area contributed by atoms with Crippen LogP contribution in [-0.4, -0.2) is 39.8 Å². The maximum atomic E-state index is 10.1. The number of hydrogen-bond donors (Lipinski definition) is 1. The molecule has 114 valence electrons. The molecule has 1 aliphatic rings. The van der Waals surface area contributed by atoms with Gasteiger partial charge in [-0.1, -0.05) is 31.8 Å². The van der Waals surface area contributed by atoms with E-state index in [-0.39, 0.29) is 18.1 Å². The summed E-state index contributed by atoms with van der Waals surface area (Å²) in [6.45, 7) is 7.07. The molecule has 5 nitrogen and oxygen atoms in total. The fourth-order valence-corrected chi connectivity index (χ4v) is 2.77. The SMILES string of the molecule is CC(C)c1noc(C(C)N(C)CC2CCCCC2O)n1. The fraction of sp³-hybridized carbons (Fsp3) is 0.867. The summed E-state index contributed by atoms with van der Waals surface area (Å²) in [5.74, 6) is 2.08. The third-order valence-electron chi connectivity index (χ3n) is 4.38. The molecular weight excluding hydrogens is 254 g/mol. The Morgan fingerprint density at radius 1 is 1.30 bits per heavy atom. The minimum Gasteiger partial charge on any atom is -0.393 e. The lowest BCUT2D eigenvalue weighted by atomic mass is 9.86. The van der Waals surface area contributed by atoms with Crippen molar-refractivity contribution in [2.24, 2.45) is 5.92 Å². The van der Waals surface area contributed by atoms with Crippen LogP contribution in [0.2, 0.25) is 0 Å². The number of aliphatic hydroxyl groups is 1. The van der Waals surface area contributed by atoms with Crippen molar-refractivity contribution < 1.29 is 9.63 Å². The van der Waals surface area contributed by atoms with Crippen LogP contribution in [0.1, 0.15) is 70.1 Å². The van der Waals surface area contributed by atoms with Gasteiger partial charge in [0.15, 0.2) is 5.82 Å². The zero-order valence-corrected chi connectivity index (χ0v) is 13.0. The lowest BCUT2D eigenvalue weighted by Gasteiger charge is -2.32. The Labute approximate surface area is 121 Å². The van der Waals surface area contributed by atoms with Gasteiger partial charge in [0, 0.05) is 12.5 Å². The standard InChI is InChI=1S/C15H27N3O2/c1-10(2)14-16-15(20-17-14)11(3)18(4)9-12-7-5-6-8-13(12)19/h10-13,19H,5-9H2,1-4H3. The van der Waals surface area contributed by atoms with E-state index < -0.39 is 0 Å². The van der Waals surface area contributed by atoms with Crippen LogP contribution in [0, 0.1) is 5.92 Å². The van der Waals surface area contributed by atoms with Crippen molar-refractivity contribution in [3.05, 3.63) is 11.7 Å². The third kappa shape index (κ3) is 3.58. The minimum atomic E-state index is -0.160. The molecule has 0 bridgehead atoms. The van der Waals surface area contributed by atoms with Gasteiger partial charge in [0.25, 0.3) is 0 Å². The van der Waals surface area contributed by atoms with Crippen LogP contribution in [-0.2, 0) is 0 Å². The molecular formula is C15H27N3O2. The smallest absolute Gasteiger partial charge is 0.243 e. The highest BCUT2D eigenvalue weighted by Crippen LogP contribution is 2.27. The van der Waals surface area contributed by atoms with Crippen LogP contribution < -0.4 is 0 Å². The predicted molar refractivity (Wildman–Crippen MR) is 77.4 cm³/mol. The summed E-state index contributed by atoms with van der Waals surface area (Å²) in [5.41, 5.74) is 0. The molecule has 5 heteroatoms. The Morgan fingerprint density at radius 3 is 2.60 bits per heavy atom. The van der Waals surface area contributed by atoms with E-state index in [4.69, 9.17) is 4.52 Å². The summed E-state index contributed by atoms with van der Waals surface area (Å²) in [5, 5.41) is 14.1. The first-order valence-corrected chi connectivity index (χ1v) is 7.70. The average Bonchev–Trinajstić information content (AvgIpc) is 2.90. The third-order valence-corrected chi connectivity index (χ3v) is 4.38. The van der Waals surface area contributed by atoms with Crippen molar-refractivity contribution in [3.8, 4) is 0 Å². The van der Waals surface area contributed by atoms with E-state index in [0.717, 1.165) is 31.6 Å². The number of hydrogen-bond acceptors (Lipinski definition) is 5. The van der Waals surface area contributed by atoms with Crippen LogP contribution in [0.5, 0.6) is 0 Å². The number of nitrogens with zero attached hydrogens (tertiary/aromatic N) is 3. The molecule has 0 spiro atoms. The molecule has 1 heterocycles. The summed E-state index contributed by atoms with van der Waals surface area (Å²) in [4.78, 5) is 6.67. The second-order valence-electron chi connectivity index (χ2n) is 6.37. The van der Waals surface area contributed by atoms with Crippen LogP contribution >= 0.6 is 0 Å². The minimum absolute atomic E-state index is 0.0872. The maximum Gasteiger partial charge on any atom is 0.243 e. The van der Waals surface area contributed by atoms with Gasteiger partial charge in [-0.05, 0) is 32.7 Å². The maximum absolute atomic E-state index is 10.1. The Hall–Kier alpha value is -0.940. The van der Waals surface area contributed by atoms with Crippen LogP contribution in [0.4, 0.5) is 0 Å². The van der Waals surface area contributed by atoms with E-state index in [9.17, 15) is 5.11 Å². The average molecular weight is 281 g/mol. The van der Waals surface area contributed by atoms with Crippen LogP contribution in [0.3, 0.4) is 0 Å². The molecule has 3 atom stereocenters. The lowest BCUT2D eigenvalue weighted by molar-refractivity contribution is 0.0415. The fourth-order valence-electron chi connectivity index (χ4n) is 2.77. The summed E-state index contributed by atoms with van der Waals surface area (Å²) >= 11 is 0. The first kappa shape index (κ1) is 15.4. The molecule has 3 unspecified atom stereocenters. The van der Waals surface area contributed by atoms with Crippen LogP contribution in [0.25, 0.3) is 0 Å². The van der Waals surface area contributed by atoms with Gasteiger partial charge in [0.1, 0.15) is 0 Å². The van der Waals surface area contributed by atoms with E-state index in [1.54, 1.807) is 0 Å². The zero-order valence-electron chi connectivity index (χ0n) is 13.0. The van der Waals surface area contributed by atoms with Crippen molar-refractivity contribution in [2.75, 3.05) is 13.6 Å². The van der Waals surface area contributed by atoms with Gasteiger partial charge < -0.3 is 9.63 Å². The van der Waals surface area contributed by atoms with Crippen LogP contribution in [0.15, 0.2) is 4.52 Å². The monoisotopic (exact) mass is 281 g/mol. The van der Waals surface area contributed by atoms with Gasteiger partial charge in [0.2, 0.25) is 5.89 Å². The molecule has 0 radical (unpaired) electrons. The highest BCUT2D eigenvalue weighted by Gasteiger charge is 2.27. The van der Waals surface area contributed by atoms with E-state index in [2.05, 4.69) is 42.9 Å². The highest BCUT2D eigenvalue weighted by atomic mass is 16.5. The first-order chi connectivity index (χ1) is 9.49. The molecule has 1 N–H and O–H groups in total. The lowest BCUT2D eigenvalue weighted by Crippen LogP contribution is -2.36. The number of aliphatic hydroxyl groups excluding tert-OH is 1. The number of aromatic nitrogens is 2. The van der Waals surface area contributed by atoms with E-state index in [1.165, 1.54) is 6.42 Å².